The molecule has 2 N–H and O–H groups in total. The SMILES string of the molecule is CC(C)[C@@H](OC(C)(C)C)[C@H](NC(=O)OCC1c2ccccc2-c2ccccc21)C(=O)O. The molecule has 6 nitrogen and oxygen atoms in total. The Morgan fingerprint density at radius 3 is 1.97 bits per heavy atom. The second-order valence-electron chi connectivity index (χ2n) is 9.22. The number of ether oxygens (including phenoxy) is 2. The average Bonchev–Trinajstić information content (AvgIpc) is 3.02. The van der Waals surface area contributed by atoms with E-state index in [0.29, 0.717) is 0 Å². The van der Waals surface area contributed by atoms with Gasteiger partial charge in [-0.15, -0.1) is 0 Å². The third kappa shape index (κ3) is 5.25. The summed E-state index contributed by atoms with van der Waals surface area (Å²) < 4.78 is 11.5. The van der Waals surface area contributed by atoms with Gasteiger partial charge in [-0.1, -0.05) is 62.4 Å². The largest absolute Gasteiger partial charge is 0.480 e. The minimum atomic E-state index is -1.21. The average molecular weight is 426 g/mol. The number of fused-ring (bicyclic) bond motifs is 3. The maximum absolute atomic E-state index is 12.6. The monoisotopic (exact) mass is 425 g/mol. The summed E-state index contributed by atoms with van der Waals surface area (Å²) in [6.45, 7) is 9.42. The first-order chi connectivity index (χ1) is 14.6. The molecular formula is C25H31NO5. The van der Waals surface area contributed by atoms with E-state index >= 15 is 0 Å². The van der Waals surface area contributed by atoms with Crippen molar-refractivity contribution in [2.24, 2.45) is 5.92 Å². The molecule has 0 heterocycles. The van der Waals surface area contributed by atoms with Gasteiger partial charge in [-0.05, 0) is 48.9 Å². The van der Waals surface area contributed by atoms with E-state index in [2.05, 4.69) is 17.4 Å². The van der Waals surface area contributed by atoms with E-state index in [-0.39, 0.29) is 18.4 Å². The lowest BCUT2D eigenvalue weighted by atomic mass is 9.98. The topological polar surface area (TPSA) is 84.9 Å². The van der Waals surface area contributed by atoms with Gasteiger partial charge in [0.25, 0.3) is 0 Å². The summed E-state index contributed by atoms with van der Waals surface area (Å²) in [5, 5.41) is 12.2. The lowest BCUT2D eigenvalue weighted by Crippen LogP contribution is -2.53. The molecule has 6 heteroatoms. The van der Waals surface area contributed by atoms with Crippen LogP contribution in [0.1, 0.15) is 51.7 Å². The predicted octanol–water partition coefficient (Wildman–Crippen LogP) is 4.82. The molecule has 0 aromatic heterocycles. The van der Waals surface area contributed by atoms with Crippen LogP contribution in [0.5, 0.6) is 0 Å². The molecule has 2 aromatic rings. The van der Waals surface area contributed by atoms with Crippen molar-refractivity contribution < 1.29 is 24.2 Å². The second kappa shape index (κ2) is 9.10. The van der Waals surface area contributed by atoms with Gasteiger partial charge < -0.3 is 19.9 Å². The van der Waals surface area contributed by atoms with Crippen molar-refractivity contribution in [3.63, 3.8) is 0 Å². The van der Waals surface area contributed by atoms with Crippen LogP contribution in [0, 0.1) is 5.92 Å². The number of carboxylic acid groups (broad SMARTS) is 1. The van der Waals surface area contributed by atoms with Crippen LogP contribution in [0.4, 0.5) is 4.79 Å². The molecule has 1 amide bonds. The number of rotatable bonds is 7. The Balaban J connectivity index is 1.72. The zero-order chi connectivity index (χ0) is 22.8. The van der Waals surface area contributed by atoms with Gasteiger partial charge in [-0.2, -0.15) is 0 Å². The van der Waals surface area contributed by atoms with Crippen LogP contribution < -0.4 is 5.32 Å². The lowest BCUT2D eigenvalue weighted by Gasteiger charge is -2.34. The highest BCUT2D eigenvalue weighted by Gasteiger charge is 2.36. The van der Waals surface area contributed by atoms with Crippen molar-refractivity contribution in [2.45, 2.75) is 58.3 Å². The molecule has 1 aliphatic rings. The van der Waals surface area contributed by atoms with Gasteiger partial charge >= 0.3 is 12.1 Å². The van der Waals surface area contributed by atoms with Crippen molar-refractivity contribution in [1.29, 1.82) is 0 Å². The van der Waals surface area contributed by atoms with E-state index < -0.39 is 29.8 Å². The van der Waals surface area contributed by atoms with Gasteiger partial charge in [-0.3, -0.25) is 0 Å². The zero-order valence-corrected chi connectivity index (χ0v) is 18.7. The fourth-order valence-corrected chi connectivity index (χ4v) is 4.05. The van der Waals surface area contributed by atoms with Crippen molar-refractivity contribution in [1.82, 2.24) is 5.32 Å². The Morgan fingerprint density at radius 1 is 1.00 bits per heavy atom. The lowest BCUT2D eigenvalue weighted by molar-refractivity contribution is -0.151. The molecule has 0 unspecified atom stereocenters. The smallest absolute Gasteiger partial charge is 0.407 e. The molecule has 0 radical (unpaired) electrons. The van der Waals surface area contributed by atoms with Crippen LogP contribution in [0.2, 0.25) is 0 Å². The summed E-state index contributed by atoms with van der Waals surface area (Å²) in [6, 6.07) is 14.9. The molecule has 1 aliphatic carbocycles. The second-order valence-corrected chi connectivity index (χ2v) is 9.22. The molecule has 0 aliphatic heterocycles. The molecule has 0 bridgehead atoms. The minimum Gasteiger partial charge on any atom is -0.480 e. The van der Waals surface area contributed by atoms with E-state index in [9.17, 15) is 14.7 Å². The molecule has 0 saturated carbocycles. The number of amides is 1. The highest BCUT2D eigenvalue weighted by molar-refractivity contribution is 5.81. The molecule has 0 saturated heterocycles. The number of hydrogen-bond donors (Lipinski definition) is 2. The normalized spacial score (nSPS) is 15.2. The predicted molar refractivity (Wildman–Crippen MR) is 119 cm³/mol. The Bertz CT molecular complexity index is 901. The first kappa shape index (κ1) is 22.8. The molecule has 0 fully saturated rings. The Labute approximate surface area is 183 Å². The van der Waals surface area contributed by atoms with E-state index in [4.69, 9.17) is 9.47 Å². The Morgan fingerprint density at radius 2 is 1.52 bits per heavy atom. The van der Waals surface area contributed by atoms with Gasteiger partial charge in [0, 0.05) is 5.92 Å². The maximum Gasteiger partial charge on any atom is 0.407 e. The fourth-order valence-electron chi connectivity index (χ4n) is 4.05. The van der Waals surface area contributed by atoms with E-state index in [1.807, 2.05) is 71.0 Å². The number of nitrogens with one attached hydrogen (secondary N) is 1. The third-order valence-electron chi connectivity index (χ3n) is 5.36. The van der Waals surface area contributed by atoms with E-state index in [0.717, 1.165) is 22.3 Å². The van der Waals surface area contributed by atoms with E-state index in [1.54, 1.807) is 0 Å². The zero-order valence-electron chi connectivity index (χ0n) is 18.7. The fraction of sp³-hybridized carbons (Fsp3) is 0.440. The van der Waals surface area contributed by atoms with Crippen LogP contribution >= 0.6 is 0 Å². The molecule has 31 heavy (non-hydrogen) atoms. The molecule has 166 valence electrons. The van der Waals surface area contributed by atoms with E-state index in [1.165, 1.54) is 0 Å². The van der Waals surface area contributed by atoms with Gasteiger partial charge in [0.15, 0.2) is 6.04 Å². The standard InChI is InChI=1S/C25H31NO5/c1-15(2)22(31-25(3,4)5)21(23(27)28)26-24(29)30-14-20-18-12-8-6-10-16(18)17-11-7-9-13-19(17)20/h6-13,15,20-22H,14H2,1-5H3,(H,26,29)(H,27,28)/t21-,22+/m0/s1. The first-order valence-electron chi connectivity index (χ1n) is 10.6. The number of aliphatic carboxylic acids is 1. The number of hydrogen-bond acceptors (Lipinski definition) is 4. The summed E-state index contributed by atoms with van der Waals surface area (Å²) in [4.78, 5) is 24.5. The number of carbonyl (C=O) groups excluding carboxylic acids is 1. The van der Waals surface area contributed by atoms with Gasteiger partial charge in [-0.25, -0.2) is 9.59 Å². The number of carbonyl (C=O) groups is 2. The highest BCUT2D eigenvalue weighted by atomic mass is 16.6. The number of benzene rings is 2. The summed E-state index contributed by atoms with van der Waals surface area (Å²) in [6.07, 6.45) is -1.46. The summed E-state index contributed by atoms with van der Waals surface area (Å²) in [7, 11) is 0. The van der Waals surface area contributed by atoms with Crippen LogP contribution in [0.3, 0.4) is 0 Å². The molecule has 0 spiro atoms. The minimum absolute atomic E-state index is 0.0897. The number of carboxylic acids is 1. The van der Waals surface area contributed by atoms with Crippen molar-refractivity contribution in [3.05, 3.63) is 59.7 Å². The summed E-state index contributed by atoms with van der Waals surface area (Å²) in [5.41, 5.74) is 3.92. The summed E-state index contributed by atoms with van der Waals surface area (Å²) in [5.74, 6) is -1.36. The highest BCUT2D eigenvalue weighted by Crippen LogP contribution is 2.44. The number of alkyl carbamates (subject to hydrolysis) is 1. The molecular weight excluding hydrogens is 394 g/mol. The Hall–Kier alpha value is -2.86. The summed E-state index contributed by atoms with van der Waals surface area (Å²) >= 11 is 0. The van der Waals surface area contributed by atoms with Gasteiger partial charge in [0.2, 0.25) is 0 Å². The van der Waals surface area contributed by atoms with Crippen molar-refractivity contribution >= 4 is 12.1 Å². The third-order valence-corrected chi connectivity index (χ3v) is 5.36. The van der Waals surface area contributed by atoms with Gasteiger partial charge in [0.1, 0.15) is 6.61 Å². The van der Waals surface area contributed by atoms with Crippen molar-refractivity contribution in [2.75, 3.05) is 6.61 Å². The van der Waals surface area contributed by atoms with Crippen LogP contribution in [0.15, 0.2) is 48.5 Å². The van der Waals surface area contributed by atoms with Crippen LogP contribution in [-0.2, 0) is 14.3 Å². The quantitative estimate of drug-likeness (QED) is 0.664. The van der Waals surface area contributed by atoms with Crippen LogP contribution in [-0.4, -0.2) is 41.5 Å². The molecule has 3 rings (SSSR count). The first-order valence-corrected chi connectivity index (χ1v) is 10.6. The molecule has 2 atom stereocenters. The van der Waals surface area contributed by atoms with Crippen molar-refractivity contribution in [3.8, 4) is 11.1 Å². The maximum atomic E-state index is 12.6. The van der Waals surface area contributed by atoms with Crippen LogP contribution in [0.25, 0.3) is 11.1 Å². The molecule has 2 aromatic carbocycles. The Kier molecular flexibility index (Phi) is 6.70. The van der Waals surface area contributed by atoms with Gasteiger partial charge in [0.05, 0.1) is 11.7 Å².